The van der Waals surface area contributed by atoms with Crippen molar-refractivity contribution in [3.05, 3.63) is 48.6 Å². The Labute approximate surface area is 441 Å². The predicted octanol–water partition coefficient (Wildman–Crippen LogP) is 21.0. The van der Waals surface area contributed by atoms with Gasteiger partial charge in [0, 0.05) is 19.3 Å². The Morgan fingerprint density at radius 2 is 0.521 bits per heavy atom. The highest BCUT2D eigenvalue weighted by atomic mass is 16.6. The van der Waals surface area contributed by atoms with E-state index in [0.29, 0.717) is 19.3 Å². The van der Waals surface area contributed by atoms with Crippen molar-refractivity contribution in [2.75, 3.05) is 13.2 Å². The van der Waals surface area contributed by atoms with E-state index in [4.69, 9.17) is 14.2 Å². The normalized spacial score (nSPS) is 12.3. The second-order valence-electron chi connectivity index (χ2n) is 21.0. The summed E-state index contributed by atoms with van der Waals surface area (Å²) in [5.41, 5.74) is 0. The monoisotopic (exact) mass is 995 g/mol. The minimum Gasteiger partial charge on any atom is -0.462 e. The van der Waals surface area contributed by atoms with Crippen LogP contribution in [0.2, 0.25) is 0 Å². The lowest BCUT2D eigenvalue weighted by atomic mass is 10.0. The summed E-state index contributed by atoms with van der Waals surface area (Å²) in [6.45, 7) is 6.59. The number of carbonyl (C=O) groups excluding carboxylic acids is 3. The van der Waals surface area contributed by atoms with Crippen LogP contribution in [0.15, 0.2) is 48.6 Å². The van der Waals surface area contributed by atoms with Gasteiger partial charge in [0.1, 0.15) is 13.2 Å². The van der Waals surface area contributed by atoms with Crippen LogP contribution in [0.1, 0.15) is 329 Å². The van der Waals surface area contributed by atoms with E-state index in [1.807, 2.05) is 0 Å². The zero-order valence-electron chi connectivity index (χ0n) is 47.5. The van der Waals surface area contributed by atoms with Crippen LogP contribution in [0.5, 0.6) is 0 Å². The van der Waals surface area contributed by atoms with E-state index in [-0.39, 0.29) is 31.1 Å². The van der Waals surface area contributed by atoms with Crippen molar-refractivity contribution >= 4 is 17.9 Å². The average Bonchev–Trinajstić information content (AvgIpc) is 3.37. The van der Waals surface area contributed by atoms with E-state index >= 15 is 0 Å². The number of unbranched alkanes of at least 4 members (excludes halogenated alkanes) is 38. The fourth-order valence-electron chi connectivity index (χ4n) is 9.08. The minimum atomic E-state index is -0.785. The molecular weight excluding hydrogens is 877 g/mol. The minimum absolute atomic E-state index is 0.0803. The summed E-state index contributed by atoms with van der Waals surface area (Å²) in [7, 11) is 0. The van der Waals surface area contributed by atoms with Gasteiger partial charge in [-0.05, 0) is 77.0 Å². The van der Waals surface area contributed by atoms with Gasteiger partial charge in [0.2, 0.25) is 0 Å². The Balaban J connectivity index is 4.27. The maximum Gasteiger partial charge on any atom is 0.306 e. The lowest BCUT2D eigenvalue weighted by Crippen LogP contribution is -2.30. The number of carbonyl (C=O) groups is 3. The van der Waals surface area contributed by atoms with Crippen LogP contribution < -0.4 is 0 Å². The van der Waals surface area contributed by atoms with Crippen molar-refractivity contribution in [2.24, 2.45) is 0 Å². The first kappa shape index (κ1) is 68.4. The highest BCUT2D eigenvalue weighted by molar-refractivity contribution is 5.71. The van der Waals surface area contributed by atoms with Gasteiger partial charge in [-0.3, -0.25) is 14.4 Å². The molecule has 0 heterocycles. The smallest absolute Gasteiger partial charge is 0.306 e. The molecule has 0 aliphatic rings. The molecule has 0 rings (SSSR count). The molecule has 0 saturated heterocycles. The maximum atomic E-state index is 12.9. The zero-order chi connectivity index (χ0) is 51.4. The summed E-state index contributed by atoms with van der Waals surface area (Å²) in [5, 5.41) is 0. The molecule has 0 aliphatic carbocycles. The molecule has 0 saturated carbocycles. The second kappa shape index (κ2) is 59.9. The SMILES string of the molecule is CCCC/C=C\C/C=C\CCCCCCCC(=O)OCC(COC(=O)CCCCCCCCCCCCCCCCCCCCCCCCCC)OC(=O)CCCCCCC/C=C\C/C=C\CCCCC. The average molecular weight is 996 g/mol. The van der Waals surface area contributed by atoms with Gasteiger partial charge in [-0.25, -0.2) is 0 Å². The van der Waals surface area contributed by atoms with Crippen LogP contribution in [0.25, 0.3) is 0 Å². The molecule has 0 spiro atoms. The zero-order valence-corrected chi connectivity index (χ0v) is 47.5. The first-order valence-corrected chi connectivity index (χ1v) is 31.1. The Morgan fingerprint density at radius 1 is 0.282 bits per heavy atom. The summed E-state index contributed by atoms with van der Waals surface area (Å²) < 4.78 is 16.9. The van der Waals surface area contributed by atoms with Crippen LogP contribution >= 0.6 is 0 Å². The summed E-state index contributed by atoms with van der Waals surface area (Å²) in [6, 6.07) is 0. The third-order valence-corrected chi connectivity index (χ3v) is 13.8. The highest BCUT2D eigenvalue weighted by Gasteiger charge is 2.19. The number of rotatable bonds is 57. The molecule has 0 radical (unpaired) electrons. The van der Waals surface area contributed by atoms with Crippen molar-refractivity contribution in [1.82, 2.24) is 0 Å². The molecule has 0 aromatic carbocycles. The van der Waals surface area contributed by atoms with Crippen molar-refractivity contribution in [2.45, 2.75) is 335 Å². The molecule has 1 atom stereocenters. The van der Waals surface area contributed by atoms with Crippen LogP contribution in [-0.2, 0) is 28.6 Å². The molecular formula is C65H118O6. The van der Waals surface area contributed by atoms with Gasteiger partial charge < -0.3 is 14.2 Å². The number of esters is 3. The van der Waals surface area contributed by atoms with Gasteiger partial charge in [-0.1, -0.05) is 281 Å². The Kier molecular flexibility index (Phi) is 57.7. The summed E-state index contributed by atoms with van der Waals surface area (Å²) >= 11 is 0. The number of ether oxygens (including phenoxy) is 3. The molecule has 6 heteroatoms. The Hall–Kier alpha value is -2.63. The van der Waals surface area contributed by atoms with E-state index in [2.05, 4.69) is 69.4 Å². The molecule has 414 valence electrons. The molecule has 71 heavy (non-hydrogen) atoms. The first-order valence-electron chi connectivity index (χ1n) is 31.1. The lowest BCUT2D eigenvalue weighted by Gasteiger charge is -2.18. The number of allylic oxidation sites excluding steroid dienone is 8. The Morgan fingerprint density at radius 3 is 0.845 bits per heavy atom. The molecule has 0 aromatic heterocycles. The third kappa shape index (κ3) is 58.1. The first-order chi connectivity index (χ1) is 35.0. The molecule has 0 aromatic rings. The van der Waals surface area contributed by atoms with Gasteiger partial charge in [0.05, 0.1) is 0 Å². The number of hydrogen-bond donors (Lipinski definition) is 0. The fourth-order valence-corrected chi connectivity index (χ4v) is 9.08. The molecule has 1 unspecified atom stereocenters. The quantitative estimate of drug-likeness (QED) is 0.0261. The van der Waals surface area contributed by atoms with Crippen molar-refractivity contribution in [3.8, 4) is 0 Å². The van der Waals surface area contributed by atoms with Gasteiger partial charge in [0.25, 0.3) is 0 Å². The molecule has 0 amide bonds. The van der Waals surface area contributed by atoms with Crippen LogP contribution in [-0.4, -0.2) is 37.2 Å². The maximum absolute atomic E-state index is 12.9. The van der Waals surface area contributed by atoms with E-state index < -0.39 is 6.10 Å². The van der Waals surface area contributed by atoms with Crippen molar-refractivity contribution < 1.29 is 28.6 Å². The van der Waals surface area contributed by atoms with E-state index in [1.54, 1.807) is 0 Å². The Bertz CT molecular complexity index is 1230. The lowest BCUT2D eigenvalue weighted by molar-refractivity contribution is -0.167. The summed E-state index contributed by atoms with van der Waals surface area (Å²) in [6.07, 6.45) is 74.0. The second-order valence-corrected chi connectivity index (χ2v) is 21.0. The van der Waals surface area contributed by atoms with Crippen molar-refractivity contribution in [3.63, 3.8) is 0 Å². The largest absolute Gasteiger partial charge is 0.462 e. The predicted molar refractivity (Wildman–Crippen MR) is 307 cm³/mol. The third-order valence-electron chi connectivity index (χ3n) is 13.8. The summed E-state index contributed by atoms with van der Waals surface area (Å²) in [4.78, 5) is 38.2. The standard InChI is InChI=1S/C65H118O6/c1-4-7-10-13-16-19-22-25-28-29-30-31-32-33-34-35-36-38-40-43-46-49-52-55-58-64(67)70-61-62(60-69-63(66)57-54-51-48-45-42-39-27-24-21-18-15-12-9-6-3)71-65(68)59-56-53-50-47-44-41-37-26-23-20-17-14-11-8-5-2/h15,17-18,20,24,26-27,37,62H,4-14,16,19,21-23,25,28-36,38-61H2,1-3H3/b18-15-,20-17-,27-24-,37-26-. The van der Waals surface area contributed by atoms with E-state index in [1.165, 1.54) is 186 Å². The molecule has 0 N–H and O–H groups in total. The highest BCUT2D eigenvalue weighted by Crippen LogP contribution is 2.17. The van der Waals surface area contributed by atoms with Gasteiger partial charge in [-0.15, -0.1) is 0 Å². The number of hydrogen-bond acceptors (Lipinski definition) is 6. The molecule has 0 fully saturated rings. The van der Waals surface area contributed by atoms with Gasteiger partial charge in [-0.2, -0.15) is 0 Å². The molecule has 6 nitrogen and oxygen atoms in total. The van der Waals surface area contributed by atoms with E-state index in [9.17, 15) is 14.4 Å². The van der Waals surface area contributed by atoms with Crippen molar-refractivity contribution in [1.29, 1.82) is 0 Å². The molecule has 0 bridgehead atoms. The molecule has 0 aliphatic heterocycles. The van der Waals surface area contributed by atoms with Crippen LogP contribution in [0.4, 0.5) is 0 Å². The summed E-state index contributed by atoms with van der Waals surface area (Å²) in [5.74, 6) is -0.892. The fraction of sp³-hybridized carbons (Fsp3) is 0.831. The van der Waals surface area contributed by atoms with Crippen LogP contribution in [0, 0.1) is 0 Å². The van der Waals surface area contributed by atoms with Gasteiger partial charge in [0.15, 0.2) is 6.10 Å². The topological polar surface area (TPSA) is 78.9 Å². The van der Waals surface area contributed by atoms with Crippen LogP contribution in [0.3, 0.4) is 0 Å². The van der Waals surface area contributed by atoms with E-state index in [0.717, 1.165) is 103 Å². The van der Waals surface area contributed by atoms with Gasteiger partial charge >= 0.3 is 17.9 Å².